The number of hydrogen-bond acceptors (Lipinski definition) is 3. The number of halogens is 2. The number of nitrogens with zero attached hydrogens (tertiary/aromatic N) is 1. The van der Waals surface area contributed by atoms with Crippen molar-refractivity contribution in [3.05, 3.63) is 63.1 Å². The van der Waals surface area contributed by atoms with E-state index >= 15 is 0 Å². The molecule has 2 aromatic carbocycles. The minimum atomic E-state index is -0.482. The second kappa shape index (κ2) is 8.53. The molecule has 4 nitrogen and oxygen atoms in total. The van der Waals surface area contributed by atoms with Gasteiger partial charge < -0.3 is 10.1 Å². The van der Waals surface area contributed by atoms with Crippen molar-refractivity contribution >= 4 is 45.2 Å². The average molecular weight is 406 g/mol. The predicted molar refractivity (Wildman–Crippen MR) is 99.0 cm³/mol. The van der Waals surface area contributed by atoms with Gasteiger partial charge in [0.05, 0.1) is 16.1 Å². The van der Waals surface area contributed by atoms with E-state index in [1.807, 2.05) is 19.1 Å². The van der Waals surface area contributed by atoms with Gasteiger partial charge in [-0.05, 0) is 58.8 Å². The molecule has 122 valence electrons. The Morgan fingerprint density at radius 3 is 2.67 bits per heavy atom. The van der Waals surface area contributed by atoms with E-state index < -0.39 is 5.91 Å². The monoisotopic (exact) mass is 404 g/mol. The molecule has 24 heavy (non-hydrogen) atoms. The van der Waals surface area contributed by atoms with Crippen molar-refractivity contribution in [3.8, 4) is 11.8 Å². The predicted octanol–water partition coefficient (Wildman–Crippen LogP) is 5.05. The van der Waals surface area contributed by atoms with Crippen LogP contribution in [0, 0.1) is 11.3 Å². The van der Waals surface area contributed by atoms with Crippen LogP contribution in [0.4, 0.5) is 5.69 Å². The summed E-state index contributed by atoms with van der Waals surface area (Å²) in [6.45, 7) is 2.34. The molecule has 0 saturated carbocycles. The first kappa shape index (κ1) is 18.1. The molecule has 6 heteroatoms. The van der Waals surface area contributed by atoms with E-state index in [0.717, 1.165) is 0 Å². The van der Waals surface area contributed by atoms with Crippen molar-refractivity contribution in [1.29, 1.82) is 5.26 Å². The van der Waals surface area contributed by atoms with Crippen molar-refractivity contribution in [2.75, 3.05) is 11.9 Å². The number of rotatable bonds is 5. The molecule has 0 aromatic heterocycles. The lowest BCUT2D eigenvalue weighted by Gasteiger charge is -2.09. The highest BCUT2D eigenvalue weighted by Crippen LogP contribution is 2.35. The number of ether oxygens (including phenoxy) is 1. The van der Waals surface area contributed by atoms with Crippen LogP contribution < -0.4 is 10.1 Å². The summed E-state index contributed by atoms with van der Waals surface area (Å²) < 4.78 is 6.09. The van der Waals surface area contributed by atoms with E-state index in [0.29, 0.717) is 33.1 Å². The molecule has 1 N–H and O–H groups in total. The van der Waals surface area contributed by atoms with Gasteiger partial charge in [0.1, 0.15) is 11.6 Å². The third kappa shape index (κ3) is 4.60. The van der Waals surface area contributed by atoms with Gasteiger partial charge in [0, 0.05) is 5.69 Å². The number of hydrogen-bond donors (Lipinski definition) is 1. The van der Waals surface area contributed by atoms with Crippen LogP contribution in [0.2, 0.25) is 5.02 Å². The molecule has 0 spiro atoms. The van der Waals surface area contributed by atoms with Gasteiger partial charge >= 0.3 is 0 Å². The molecule has 0 unspecified atom stereocenters. The molecule has 0 aliphatic heterocycles. The Kier molecular flexibility index (Phi) is 6.42. The lowest BCUT2D eigenvalue weighted by atomic mass is 10.1. The van der Waals surface area contributed by atoms with Gasteiger partial charge in [0.25, 0.3) is 5.91 Å². The number of anilines is 1. The summed E-state index contributed by atoms with van der Waals surface area (Å²) >= 11 is 9.56. The first-order valence-electron chi connectivity index (χ1n) is 7.15. The summed E-state index contributed by atoms with van der Waals surface area (Å²) in [5.41, 5.74) is 1.22. The van der Waals surface area contributed by atoms with E-state index in [2.05, 4.69) is 21.2 Å². The van der Waals surface area contributed by atoms with Crippen molar-refractivity contribution in [1.82, 2.24) is 0 Å². The standard InChI is InChI=1S/C18H14BrClN2O2/c1-2-24-17-15(19)9-12(10-16(17)20)8-13(11-21)18(23)22-14-6-4-3-5-7-14/h3-10H,2H2,1H3,(H,22,23)/b13-8-. The second-order valence-electron chi connectivity index (χ2n) is 4.74. The van der Waals surface area contributed by atoms with E-state index in [1.165, 1.54) is 6.08 Å². The minimum absolute atomic E-state index is 0.0222. The van der Waals surface area contributed by atoms with Crippen molar-refractivity contribution in [3.63, 3.8) is 0 Å². The fourth-order valence-corrected chi connectivity index (χ4v) is 2.97. The van der Waals surface area contributed by atoms with E-state index in [1.54, 1.807) is 36.4 Å². The van der Waals surface area contributed by atoms with Crippen LogP contribution >= 0.6 is 27.5 Å². The van der Waals surface area contributed by atoms with Crippen LogP contribution in [-0.4, -0.2) is 12.5 Å². The molecular formula is C18H14BrClN2O2. The zero-order valence-electron chi connectivity index (χ0n) is 12.8. The van der Waals surface area contributed by atoms with E-state index in [4.69, 9.17) is 16.3 Å². The molecule has 0 heterocycles. The highest BCUT2D eigenvalue weighted by molar-refractivity contribution is 9.10. The maximum Gasteiger partial charge on any atom is 0.266 e. The van der Waals surface area contributed by atoms with Crippen LogP contribution in [0.1, 0.15) is 12.5 Å². The Labute approximate surface area is 153 Å². The van der Waals surface area contributed by atoms with Gasteiger partial charge in [0.2, 0.25) is 0 Å². The Morgan fingerprint density at radius 1 is 1.38 bits per heavy atom. The Balaban J connectivity index is 2.27. The normalized spacial score (nSPS) is 10.8. The number of carbonyl (C=O) groups excluding carboxylic acids is 1. The maximum absolute atomic E-state index is 12.2. The van der Waals surface area contributed by atoms with Crippen LogP contribution in [-0.2, 0) is 4.79 Å². The Bertz CT molecular complexity index is 791. The van der Waals surface area contributed by atoms with E-state index in [9.17, 15) is 10.1 Å². The smallest absolute Gasteiger partial charge is 0.266 e. The molecule has 2 rings (SSSR count). The van der Waals surface area contributed by atoms with Gasteiger partial charge in [-0.15, -0.1) is 0 Å². The van der Waals surface area contributed by atoms with Crippen molar-refractivity contribution in [2.45, 2.75) is 6.92 Å². The molecule has 0 saturated heterocycles. The molecule has 0 aliphatic rings. The van der Waals surface area contributed by atoms with Crippen LogP contribution in [0.15, 0.2) is 52.5 Å². The summed E-state index contributed by atoms with van der Waals surface area (Å²) in [7, 11) is 0. The summed E-state index contributed by atoms with van der Waals surface area (Å²) in [5.74, 6) is 0.0494. The summed E-state index contributed by atoms with van der Waals surface area (Å²) in [4.78, 5) is 12.2. The van der Waals surface area contributed by atoms with Gasteiger partial charge in [-0.3, -0.25) is 4.79 Å². The SMILES string of the molecule is CCOc1c(Cl)cc(/C=C(/C#N)C(=O)Nc2ccccc2)cc1Br. The topological polar surface area (TPSA) is 62.1 Å². The van der Waals surface area contributed by atoms with E-state index in [-0.39, 0.29) is 5.57 Å². The largest absolute Gasteiger partial charge is 0.491 e. The molecule has 1 amide bonds. The third-order valence-corrected chi connectivity index (χ3v) is 3.89. The number of para-hydroxylation sites is 1. The minimum Gasteiger partial charge on any atom is -0.491 e. The van der Waals surface area contributed by atoms with Crippen molar-refractivity contribution < 1.29 is 9.53 Å². The number of carbonyl (C=O) groups is 1. The Hall–Kier alpha value is -2.29. The average Bonchev–Trinajstić information content (AvgIpc) is 2.56. The zero-order chi connectivity index (χ0) is 17.5. The molecule has 2 aromatic rings. The third-order valence-electron chi connectivity index (χ3n) is 3.02. The number of benzene rings is 2. The second-order valence-corrected chi connectivity index (χ2v) is 6.00. The van der Waals surface area contributed by atoms with Crippen LogP contribution in [0.25, 0.3) is 6.08 Å². The number of amides is 1. The summed E-state index contributed by atoms with van der Waals surface area (Å²) in [6.07, 6.45) is 1.48. The van der Waals surface area contributed by atoms with Gasteiger partial charge in [-0.1, -0.05) is 29.8 Å². The quantitative estimate of drug-likeness (QED) is 0.559. The molecule has 0 fully saturated rings. The van der Waals surface area contributed by atoms with Gasteiger partial charge in [0.15, 0.2) is 5.75 Å². The number of nitriles is 1. The molecule has 0 bridgehead atoms. The molecule has 0 radical (unpaired) electrons. The number of nitrogens with one attached hydrogen (secondary N) is 1. The molecule has 0 atom stereocenters. The van der Waals surface area contributed by atoms with Crippen molar-refractivity contribution in [2.24, 2.45) is 0 Å². The highest BCUT2D eigenvalue weighted by Gasteiger charge is 2.12. The Morgan fingerprint density at radius 2 is 2.08 bits per heavy atom. The van der Waals surface area contributed by atoms with Crippen LogP contribution in [0.5, 0.6) is 5.75 Å². The molecule has 0 aliphatic carbocycles. The lowest BCUT2D eigenvalue weighted by molar-refractivity contribution is -0.112. The highest BCUT2D eigenvalue weighted by atomic mass is 79.9. The first-order chi connectivity index (χ1) is 11.5. The fraction of sp³-hybridized carbons (Fsp3) is 0.111. The fourth-order valence-electron chi connectivity index (χ4n) is 1.98. The summed E-state index contributed by atoms with van der Waals surface area (Å²) in [6, 6.07) is 14.2. The van der Waals surface area contributed by atoms with Gasteiger partial charge in [-0.2, -0.15) is 5.26 Å². The van der Waals surface area contributed by atoms with Gasteiger partial charge in [-0.25, -0.2) is 0 Å². The summed E-state index contributed by atoms with van der Waals surface area (Å²) in [5, 5.41) is 12.3. The zero-order valence-corrected chi connectivity index (χ0v) is 15.2. The lowest BCUT2D eigenvalue weighted by Crippen LogP contribution is -2.13. The molecular weight excluding hydrogens is 392 g/mol. The van der Waals surface area contributed by atoms with Crippen LogP contribution in [0.3, 0.4) is 0 Å². The first-order valence-corrected chi connectivity index (χ1v) is 8.32. The maximum atomic E-state index is 12.2.